The molecule has 0 radical (unpaired) electrons. The Kier molecular flexibility index (Phi) is 2.31. The van der Waals surface area contributed by atoms with Gasteiger partial charge in [-0.1, -0.05) is 18.2 Å². The summed E-state index contributed by atoms with van der Waals surface area (Å²) >= 11 is 0. The lowest BCUT2D eigenvalue weighted by Crippen LogP contribution is -2.18. The number of hydrogen-bond acceptors (Lipinski definition) is 1. The average Bonchev–Trinajstić information content (AvgIpc) is 2.94. The van der Waals surface area contributed by atoms with Gasteiger partial charge >= 0.3 is 0 Å². The number of hydrogen-bond donors (Lipinski definition) is 1. The minimum atomic E-state index is -0.0489. The molecule has 0 aromatic heterocycles. The van der Waals surface area contributed by atoms with Crippen molar-refractivity contribution in [3.63, 3.8) is 0 Å². The fraction of sp³-hybridized carbons (Fsp3) is 0.500. The molecule has 1 aliphatic rings. The lowest BCUT2D eigenvalue weighted by molar-refractivity contribution is 0.498. The monoisotopic (exact) mass is 193 g/mol. The minimum Gasteiger partial charge on any atom is -0.330 e. The summed E-state index contributed by atoms with van der Waals surface area (Å²) in [6.07, 6.45) is 3.10. The number of halogens is 1. The fourth-order valence-corrected chi connectivity index (χ4v) is 1.88. The van der Waals surface area contributed by atoms with Crippen molar-refractivity contribution in [3.8, 4) is 0 Å². The third-order valence-electron chi connectivity index (χ3n) is 3.23. The molecule has 1 nitrogen and oxygen atoms in total. The SMILES string of the molecule is Cc1cccc(CC2(CN)CC2)c1F. The second kappa shape index (κ2) is 3.35. The van der Waals surface area contributed by atoms with Crippen molar-refractivity contribution in [1.29, 1.82) is 0 Å². The van der Waals surface area contributed by atoms with E-state index in [1.807, 2.05) is 12.1 Å². The van der Waals surface area contributed by atoms with Gasteiger partial charge in [0.05, 0.1) is 0 Å². The molecule has 0 amide bonds. The van der Waals surface area contributed by atoms with Gasteiger partial charge < -0.3 is 5.73 Å². The molecule has 0 unspecified atom stereocenters. The van der Waals surface area contributed by atoms with Gasteiger partial charge in [0.25, 0.3) is 0 Å². The summed E-state index contributed by atoms with van der Waals surface area (Å²) in [7, 11) is 0. The molecular weight excluding hydrogens is 177 g/mol. The van der Waals surface area contributed by atoms with Gasteiger partial charge in [-0.15, -0.1) is 0 Å². The van der Waals surface area contributed by atoms with Crippen molar-refractivity contribution in [1.82, 2.24) is 0 Å². The van der Waals surface area contributed by atoms with Gasteiger partial charge in [-0.05, 0) is 49.3 Å². The molecule has 0 aliphatic heterocycles. The van der Waals surface area contributed by atoms with Crippen LogP contribution in [0.1, 0.15) is 24.0 Å². The third-order valence-corrected chi connectivity index (χ3v) is 3.23. The van der Waals surface area contributed by atoms with E-state index in [1.54, 1.807) is 13.0 Å². The van der Waals surface area contributed by atoms with Gasteiger partial charge in [0.2, 0.25) is 0 Å². The minimum absolute atomic E-state index is 0.0489. The summed E-state index contributed by atoms with van der Waals surface area (Å²) in [4.78, 5) is 0. The maximum atomic E-state index is 13.7. The van der Waals surface area contributed by atoms with Crippen LogP contribution in [0, 0.1) is 18.2 Å². The first-order valence-corrected chi connectivity index (χ1v) is 5.11. The maximum absolute atomic E-state index is 13.7. The zero-order chi connectivity index (χ0) is 10.2. The molecule has 1 fully saturated rings. The highest BCUT2D eigenvalue weighted by molar-refractivity contribution is 5.27. The smallest absolute Gasteiger partial charge is 0.129 e. The van der Waals surface area contributed by atoms with Crippen molar-refractivity contribution in [2.75, 3.05) is 6.54 Å². The second-order valence-corrected chi connectivity index (χ2v) is 4.43. The molecule has 0 saturated heterocycles. The normalized spacial score (nSPS) is 18.2. The first-order valence-electron chi connectivity index (χ1n) is 5.11. The number of benzene rings is 1. The average molecular weight is 193 g/mol. The van der Waals surface area contributed by atoms with Gasteiger partial charge in [0.15, 0.2) is 0 Å². The topological polar surface area (TPSA) is 26.0 Å². The van der Waals surface area contributed by atoms with E-state index in [9.17, 15) is 4.39 Å². The molecule has 1 saturated carbocycles. The molecule has 76 valence electrons. The molecule has 0 heterocycles. The Labute approximate surface area is 84.1 Å². The van der Waals surface area contributed by atoms with Crippen LogP contribution in [-0.4, -0.2) is 6.54 Å². The van der Waals surface area contributed by atoms with E-state index < -0.39 is 0 Å². The summed E-state index contributed by atoms with van der Waals surface area (Å²) in [6, 6.07) is 5.60. The van der Waals surface area contributed by atoms with Crippen LogP contribution in [0.15, 0.2) is 18.2 Å². The Morgan fingerprint density at radius 2 is 2.14 bits per heavy atom. The largest absolute Gasteiger partial charge is 0.330 e. The highest BCUT2D eigenvalue weighted by Gasteiger charge is 2.41. The lowest BCUT2D eigenvalue weighted by Gasteiger charge is -2.13. The van der Waals surface area contributed by atoms with Gasteiger partial charge in [0.1, 0.15) is 5.82 Å². The molecule has 0 spiro atoms. The van der Waals surface area contributed by atoms with Crippen LogP contribution in [0.5, 0.6) is 0 Å². The standard InChI is InChI=1S/C12H16FN/c1-9-3-2-4-10(11(9)13)7-12(8-14)5-6-12/h2-4H,5-8,14H2,1H3. The van der Waals surface area contributed by atoms with Gasteiger partial charge in [-0.3, -0.25) is 0 Å². The van der Waals surface area contributed by atoms with E-state index in [-0.39, 0.29) is 11.2 Å². The van der Waals surface area contributed by atoms with Crippen LogP contribution in [-0.2, 0) is 6.42 Å². The van der Waals surface area contributed by atoms with Crippen molar-refractivity contribution < 1.29 is 4.39 Å². The fourth-order valence-electron chi connectivity index (χ4n) is 1.88. The Bertz CT molecular complexity index is 342. The van der Waals surface area contributed by atoms with Crippen LogP contribution in [0.2, 0.25) is 0 Å². The molecule has 1 aliphatic carbocycles. The highest BCUT2D eigenvalue weighted by Crippen LogP contribution is 2.47. The van der Waals surface area contributed by atoms with Crippen LogP contribution in [0.25, 0.3) is 0 Å². The van der Waals surface area contributed by atoms with Crippen LogP contribution in [0.3, 0.4) is 0 Å². The molecule has 0 bridgehead atoms. The van der Waals surface area contributed by atoms with Gasteiger partial charge in [-0.25, -0.2) is 4.39 Å². The molecule has 0 atom stereocenters. The first kappa shape index (κ1) is 9.66. The van der Waals surface area contributed by atoms with E-state index >= 15 is 0 Å². The highest BCUT2D eigenvalue weighted by atomic mass is 19.1. The molecular formula is C12H16FN. The van der Waals surface area contributed by atoms with E-state index in [1.165, 1.54) is 0 Å². The molecule has 1 aromatic rings. The quantitative estimate of drug-likeness (QED) is 0.783. The number of rotatable bonds is 3. The van der Waals surface area contributed by atoms with E-state index in [0.717, 1.165) is 30.4 Å². The summed E-state index contributed by atoms with van der Waals surface area (Å²) in [5.74, 6) is -0.0489. The molecule has 2 N–H and O–H groups in total. The Hall–Kier alpha value is -0.890. The molecule has 2 heteroatoms. The Morgan fingerprint density at radius 3 is 2.71 bits per heavy atom. The predicted molar refractivity (Wildman–Crippen MR) is 55.6 cm³/mol. The summed E-state index contributed by atoms with van der Waals surface area (Å²) in [5, 5.41) is 0. The first-order chi connectivity index (χ1) is 6.67. The Morgan fingerprint density at radius 1 is 1.43 bits per heavy atom. The summed E-state index contributed by atoms with van der Waals surface area (Å²) in [5.41, 5.74) is 7.46. The predicted octanol–water partition coefficient (Wildman–Crippen LogP) is 2.42. The zero-order valence-corrected chi connectivity index (χ0v) is 8.52. The second-order valence-electron chi connectivity index (χ2n) is 4.43. The zero-order valence-electron chi connectivity index (χ0n) is 8.52. The molecule has 1 aromatic carbocycles. The van der Waals surface area contributed by atoms with E-state index in [2.05, 4.69) is 0 Å². The van der Waals surface area contributed by atoms with Crippen molar-refractivity contribution in [2.24, 2.45) is 11.1 Å². The van der Waals surface area contributed by atoms with E-state index in [0.29, 0.717) is 6.54 Å². The maximum Gasteiger partial charge on any atom is 0.129 e. The molecule has 2 rings (SSSR count). The Balaban J connectivity index is 2.21. The molecule has 14 heavy (non-hydrogen) atoms. The van der Waals surface area contributed by atoms with Crippen molar-refractivity contribution in [2.45, 2.75) is 26.2 Å². The third kappa shape index (κ3) is 1.67. The van der Waals surface area contributed by atoms with Crippen LogP contribution >= 0.6 is 0 Å². The van der Waals surface area contributed by atoms with Gasteiger partial charge in [0, 0.05) is 0 Å². The lowest BCUT2D eigenvalue weighted by atomic mass is 9.95. The summed E-state index contributed by atoms with van der Waals surface area (Å²) in [6.45, 7) is 2.49. The van der Waals surface area contributed by atoms with Crippen molar-refractivity contribution in [3.05, 3.63) is 35.1 Å². The van der Waals surface area contributed by atoms with Crippen LogP contribution < -0.4 is 5.73 Å². The summed E-state index contributed by atoms with van der Waals surface area (Å²) < 4.78 is 13.7. The van der Waals surface area contributed by atoms with Crippen LogP contribution in [0.4, 0.5) is 4.39 Å². The number of aryl methyl sites for hydroxylation is 1. The van der Waals surface area contributed by atoms with Crippen molar-refractivity contribution >= 4 is 0 Å². The van der Waals surface area contributed by atoms with E-state index in [4.69, 9.17) is 5.73 Å². The van der Waals surface area contributed by atoms with Gasteiger partial charge in [-0.2, -0.15) is 0 Å². The number of nitrogens with two attached hydrogens (primary N) is 1.